The normalized spacial score (nSPS) is 14.6. The summed E-state index contributed by atoms with van der Waals surface area (Å²) in [6.45, 7) is 10.1. The van der Waals surface area contributed by atoms with Gasteiger partial charge in [0, 0.05) is 0 Å². The van der Waals surface area contributed by atoms with E-state index in [-0.39, 0.29) is 48.1 Å². The minimum absolute atomic E-state index is 0. The highest BCUT2D eigenvalue weighted by Gasteiger charge is 2.41. The molecule has 0 heterocycles. The summed E-state index contributed by atoms with van der Waals surface area (Å²) in [6, 6.07) is 7.43. The molecule has 1 aliphatic carbocycles. The fourth-order valence-electron chi connectivity index (χ4n) is 3.36. The number of carbonyl (C=O) groups excluding carboxylic acids is 2. The first-order valence-electron chi connectivity index (χ1n) is 11.2. The zero-order valence-corrected chi connectivity index (χ0v) is 19.6. The van der Waals surface area contributed by atoms with Crippen molar-refractivity contribution in [1.29, 1.82) is 0 Å². The number of benzene rings is 1. The van der Waals surface area contributed by atoms with Crippen molar-refractivity contribution in [2.45, 2.75) is 127 Å². The topological polar surface area (TPSA) is 72.8 Å². The molecular formula is C29H56O5. The average Bonchev–Trinajstić information content (AvgIpc) is 2.74. The second-order valence-corrected chi connectivity index (χ2v) is 9.02. The summed E-state index contributed by atoms with van der Waals surface area (Å²) in [5.74, 6) is 0.428. The van der Waals surface area contributed by atoms with Gasteiger partial charge in [-0.2, -0.15) is 0 Å². The first kappa shape index (κ1) is 39.2. The van der Waals surface area contributed by atoms with Crippen LogP contribution >= 0.6 is 0 Å². The molecule has 0 radical (unpaired) electrons. The number of phenols is 1. The van der Waals surface area contributed by atoms with Crippen LogP contribution in [0, 0.1) is 5.41 Å². The van der Waals surface area contributed by atoms with Gasteiger partial charge in [-0.3, -0.25) is 9.59 Å². The molecule has 1 aromatic rings. The molecule has 202 valence electrons. The smallest absolute Gasteiger partial charge is 0.312 e. The number of methoxy groups -OCH3 is 1. The van der Waals surface area contributed by atoms with E-state index in [4.69, 9.17) is 14.6 Å². The summed E-state index contributed by atoms with van der Waals surface area (Å²) in [5.41, 5.74) is 0.153. The van der Waals surface area contributed by atoms with Crippen LogP contribution in [0.4, 0.5) is 0 Å². The Bertz CT molecular complexity index is 658. The van der Waals surface area contributed by atoms with Crippen LogP contribution in [0.25, 0.3) is 0 Å². The monoisotopic (exact) mass is 484 g/mol. The fraction of sp³-hybridized carbons (Fsp3) is 0.724. The Morgan fingerprint density at radius 3 is 1.91 bits per heavy atom. The number of rotatable bonds is 7. The predicted octanol–water partition coefficient (Wildman–Crippen LogP) is 8.68. The third kappa shape index (κ3) is 12.4. The summed E-state index contributed by atoms with van der Waals surface area (Å²) in [5, 5.41) is 9.01. The Morgan fingerprint density at radius 2 is 1.50 bits per heavy atom. The van der Waals surface area contributed by atoms with Gasteiger partial charge in [0.2, 0.25) is 0 Å². The lowest BCUT2D eigenvalue weighted by Crippen LogP contribution is -2.43. The molecule has 0 amide bonds. The van der Waals surface area contributed by atoms with Crippen molar-refractivity contribution >= 4 is 11.9 Å². The van der Waals surface area contributed by atoms with E-state index in [0.29, 0.717) is 11.7 Å². The van der Waals surface area contributed by atoms with Crippen molar-refractivity contribution in [2.75, 3.05) is 7.11 Å². The maximum absolute atomic E-state index is 12.3. The molecule has 2 rings (SSSR count). The van der Waals surface area contributed by atoms with Gasteiger partial charge in [-0.05, 0) is 76.0 Å². The predicted molar refractivity (Wildman–Crippen MR) is 146 cm³/mol. The van der Waals surface area contributed by atoms with Gasteiger partial charge < -0.3 is 14.6 Å². The van der Waals surface area contributed by atoms with Crippen LogP contribution in [0.2, 0.25) is 0 Å². The summed E-state index contributed by atoms with van der Waals surface area (Å²) in [7, 11) is 1.37. The van der Waals surface area contributed by atoms with Crippen molar-refractivity contribution in [2.24, 2.45) is 5.41 Å². The summed E-state index contributed by atoms with van der Waals surface area (Å²) >= 11 is 0. The Balaban J connectivity index is -0.000000262. The minimum atomic E-state index is -0.644. The zero-order chi connectivity index (χ0) is 22.8. The van der Waals surface area contributed by atoms with Crippen molar-refractivity contribution in [3.05, 3.63) is 29.8 Å². The van der Waals surface area contributed by atoms with Crippen LogP contribution < -0.4 is 0 Å². The molecule has 1 saturated carbocycles. The number of esters is 2. The van der Waals surface area contributed by atoms with Crippen LogP contribution in [0.15, 0.2) is 24.3 Å². The van der Waals surface area contributed by atoms with Gasteiger partial charge in [0.25, 0.3) is 0 Å². The van der Waals surface area contributed by atoms with Gasteiger partial charge in [0.1, 0.15) is 11.4 Å². The third-order valence-corrected chi connectivity index (χ3v) is 6.28. The van der Waals surface area contributed by atoms with E-state index in [9.17, 15) is 9.59 Å². The second kappa shape index (κ2) is 18.3. The van der Waals surface area contributed by atoms with Gasteiger partial charge in [-0.15, -0.1) is 0 Å². The van der Waals surface area contributed by atoms with Crippen LogP contribution in [-0.4, -0.2) is 29.8 Å². The SMILES string of the molecule is C.C.C.C.CCC(C)(C)C(=O)OC1(CC(=O)OC)CCCCC1.CCC(C)c1ccc(O)cc1. The molecular weight excluding hydrogens is 428 g/mol. The molecule has 5 nitrogen and oxygen atoms in total. The van der Waals surface area contributed by atoms with Crippen LogP contribution in [0.1, 0.15) is 127 Å². The number of ether oxygens (including phenoxy) is 2. The van der Waals surface area contributed by atoms with E-state index in [1.807, 2.05) is 32.9 Å². The maximum Gasteiger partial charge on any atom is 0.312 e. The van der Waals surface area contributed by atoms with Gasteiger partial charge in [0.15, 0.2) is 0 Å². The van der Waals surface area contributed by atoms with Crippen molar-refractivity contribution in [3.63, 3.8) is 0 Å². The molecule has 0 aliphatic heterocycles. The molecule has 5 heteroatoms. The van der Waals surface area contributed by atoms with E-state index in [2.05, 4.69) is 13.8 Å². The van der Waals surface area contributed by atoms with E-state index < -0.39 is 11.0 Å². The second-order valence-electron chi connectivity index (χ2n) is 9.02. The Morgan fingerprint density at radius 1 is 1.00 bits per heavy atom. The molecule has 0 aromatic heterocycles. The van der Waals surface area contributed by atoms with Crippen LogP contribution in [0.5, 0.6) is 5.75 Å². The third-order valence-electron chi connectivity index (χ3n) is 6.28. The maximum atomic E-state index is 12.3. The van der Waals surface area contributed by atoms with Crippen molar-refractivity contribution in [3.8, 4) is 5.75 Å². The lowest BCUT2D eigenvalue weighted by atomic mass is 9.81. The number of hydrogen-bond donors (Lipinski definition) is 1. The fourth-order valence-corrected chi connectivity index (χ4v) is 3.36. The van der Waals surface area contributed by atoms with E-state index >= 15 is 0 Å². The summed E-state index contributed by atoms with van der Waals surface area (Å²) in [4.78, 5) is 23.8. The number of carbonyl (C=O) groups is 2. The molecule has 1 N–H and O–H groups in total. The number of hydrogen-bond acceptors (Lipinski definition) is 5. The molecule has 1 atom stereocenters. The number of aromatic hydroxyl groups is 1. The Kier molecular flexibility index (Phi) is 21.1. The van der Waals surface area contributed by atoms with Crippen molar-refractivity contribution < 1.29 is 24.2 Å². The molecule has 0 bridgehead atoms. The largest absolute Gasteiger partial charge is 0.508 e. The molecule has 1 fully saturated rings. The van der Waals surface area contributed by atoms with Gasteiger partial charge >= 0.3 is 11.9 Å². The molecule has 0 spiro atoms. The van der Waals surface area contributed by atoms with Crippen LogP contribution in [0.3, 0.4) is 0 Å². The summed E-state index contributed by atoms with van der Waals surface area (Å²) in [6.07, 6.45) is 6.69. The van der Waals surface area contributed by atoms with E-state index in [0.717, 1.165) is 44.9 Å². The quantitative estimate of drug-likeness (QED) is 0.392. The molecule has 0 saturated heterocycles. The zero-order valence-electron chi connectivity index (χ0n) is 19.6. The van der Waals surface area contributed by atoms with Gasteiger partial charge in [-0.25, -0.2) is 0 Å². The molecule has 1 unspecified atom stereocenters. The lowest BCUT2D eigenvalue weighted by molar-refractivity contribution is -0.178. The van der Waals surface area contributed by atoms with Crippen LogP contribution in [-0.2, 0) is 19.1 Å². The lowest BCUT2D eigenvalue weighted by Gasteiger charge is -2.38. The first-order valence-corrected chi connectivity index (χ1v) is 11.2. The molecule has 34 heavy (non-hydrogen) atoms. The molecule has 1 aliphatic rings. The van der Waals surface area contributed by atoms with Gasteiger partial charge in [0.05, 0.1) is 18.9 Å². The molecule has 1 aromatic carbocycles. The van der Waals surface area contributed by atoms with Gasteiger partial charge in [-0.1, -0.05) is 69.0 Å². The van der Waals surface area contributed by atoms with E-state index in [1.165, 1.54) is 12.7 Å². The van der Waals surface area contributed by atoms with E-state index in [1.54, 1.807) is 12.1 Å². The number of phenolic OH excluding ortho intramolecular Hbond substituents is 1. The Labute approximate surface area is 211 Å². The highest BCUT2D eigenvalue weighted by Crippen LogP contribution is 2.37. The minimum Gasteiger partial charge on any atom is -0.508 e. The Hall–Kier alpha value is -2.04. The summed E-state index contributed by atoms with van der Waals surface area (Å²) < 4.78 is 10.5. The highest BCUT2D eigenvalue weighted by molar-refractivity contribution is 5.77. The highest BCUT2D eigenvalue weighted by atomic mass is 16.6. The first-order chi connectivity index (χ1) is 14.1. The standard InChI is InChI=1S/C15H26O4.C10H14O.4CH4/c1-5-14(2,3)13(17)19-15(11-12(16)18-4)9-7-6-8-10-15;1-3-8(2)9-4-6-10(11)7-5-9;;;;/h5-11H2,1-4H3;4-8,11H,3H2,1-2H3;4*1H4. The van der Waals surface area contributed by atoms with Crippen molar-refractivity contribution in [1.82, 2.24) is 0 Å². The average molecular weight is 485 g/mol.